The Morgan fingerprint density at radius 1 is 1.43 bits per heavy atom. The van der Waals surface area contributed by atoms with E-state index in [9.17, 15) is 4.79 Å². The van der Waals surface area contributed by atoms with E-state index < -0.39 is 0 Å². The minimum absolute atomic E-state index is 0.0406. The van der Waals surface area contributed by atoms with Gasteiger partial charge in [-0.1, -0.05) is 32.9 Å². The van der Waals surface area contributed by atoms with Crippen molar-refractivity contribution in [3.8, 4) is 0 Å². The van der Waals surface area contributed by atoms with Crippen LogP contribution in [0.2, 0.25) is 0 Å². The molecule has 0 aromatic heterocycles. The molecule has 0 radical (unpaired) electrons. The number of carbonyl (C=O) groups is 1. The Morgan fingerprint density at radius 2 is 2.07 bits per heavy atom. The third-order valence-corrected chi connectivity index (χ3v) is 2.08. The lowest BCUT2D eigenvalue weighted by molar-refractivity contribution is -0.120. The fourth-order valence-electron chi connectivity index (χ4n) is 1.10. The molecule has 0 aromatic carbocycles. The number of Topliss-reactive ketones (excluding diaryl/α,β-unsaturated/α-hetero) is 1. The summed E-state index contributed by atoms with van der Waals surface area (Å²) in [6.45, 7) is 6.22. The molecule has 0 aliphatic rings. The van der Waals surface area contributed by atoms with E-state index in [0.717, 1.165) is 6.42 Å². The fourth-order valence-corrected chi connectivity index (χ4v) is 1.10. The minimum Gasteiger partial charge on any atom is -0.377 e. The molecule has 0 N–H and O–H groups in total. The van der Waals surface area contributed by atoms with Crippen molar-refractivity contribution in [2.24, 2.45) is 5.92 Å². The lowest BCUT2D eigenvalue weighted by Crippen LogP contribution is -2.12. The van der Waals surface area contributed by atoms with Gasteiger partial charge in [-0.3, -0.25) is 4.79 Å². The highest BCUT2D eigenvalue weighted by atomic mass is 16.5. The number of ketones is 1. The second-order valence-corrected chi connectivity index (χ2v) is 3.93. The van der Waals surface area contributed by atoms with Crippen LogP contribution in [0.15, 0.2) is 12.2 Å². The van der Waals surface area contributed by atoms with Crippen molar-refractivity contribution < 1.29 is 9.53 Å². The summed E-state index contributed by atoms with van der Waals surface area (Å²) in [6.07, 6.45) is 6.19. The molecule has 0 aromatic rings. The van der Waals surface area contributed by atoms with E-state index in [1.807, 2.05) is 13.0 Å². The predicted molar refractivity (Wildman–Crippen MR) is 59.3 cm³/mol. The van der Waals surface area contributed by atoms with Gasteiger partial charge in [0, 0.05) is 20.0 Å². The summed E-state index contributed by atoms with van der Waals surface area (Å²) in [5, 5.41) is 0. The lowest BCUT2D eigenvalue weighted by atomic mass is 10.1. The summed E-state index contributed by atoms with van der Waals surface area (Å²) >= 11 is 0. The van der Waals surface area contributed by atoms with Crippen molar-refractivity contribution in [3.05, 3.63) is 12.2 Å². The van der Waals surface area contributed by atoms with Crippen LogP contribution in [0.25, 0.3) is 0 Å². The van der Waals surface area contributed by atoms with Gasteiger partial charge in [0.25, 0.3) is 0 Å². The third-order valence-electron chi connectivity index (χ3n) is 2.08. The molecule has 0 aliphatic carbocycles. The molecule has 14 heavy (non-hydrogen) atoms. The molecular formula is C12H22O2. The number of hydrogen-bond donors (Lipinski definition) is 0. The molecule has 2 nitrogen and oxygen atoms in total. The van der Waals surface area contributed by atoms with Crippen molar-refractivity contribution in [1.29, 1.82) is 0 Å². The Morgan fingerprint density at radius 3 is 2.50 bits per heavy atom. The van der Waals surface area contributed by atoms with E-state index in [1.165, 1.54) is 0 Å². The standard InChI is InChI=1S/C12H22O2/c1-5-11(13)9-12(14-4)8-6-7-10(2)3/h6,8,10,12H,5,7,9H2,1-4H3. The molecular weight excluding hydrogens is 176 g/mol. The molecule has 1 unspecified atom stereocenters. The monoisotopic (exact) mass is 198 g/mol. The number of rotatable bonds is 7. The van der Waals surface area contributed by atoms with Crippen LogP contribution in [0.4, 0.5) is 0 Å². The molecule has 0 saturated heterocycles. The van der Waals surface area contributed by atoms with Crippen molar-refractivity contribution in [1.82, 2.24) is 0 Å². The SMILES string of the molecule is CCC(=O)CC(C=CCC(C)C)OC. The van der Waals surface area contributed by atoms with Gasteiger partial charge in [-0.15, -0.1) is 0 Å². The lowest BCUT2D eigenvalue weighted by Gasteiger charge is -2.09. The Hall–Kier alpha value is -0.630. The summed E-state index contributed by atoms with van der Waals surface area (Å²) in [5.41, 5.74) is 0. The molecule has 0 bridgehead atoms. The maximum absolute atomic E-state index is 11.2. The van der Waals surface area contributed by atoms with Gasteiger partial charge in [-0.2, -0.15) is 0 Å². The molecule has 0 fully saturated rings. The van der Waals surface area contributed by atoms with Crippen LogP contribution >= 0.6 is 0 Å². The van der Waals surface area contributed by atoms with Crippen LogP contribution in [0.1, 0.15) is 40.0 Å². The molecule has 0 spiro atoms. The highest BCUT2D eigenvalue weighted by Crippen LogP contribution is 2.06. The average molecular weight is 198 g/mol. The smallest absolute Gasteiger partial charge is 0.135 e. The van der Waals surface area contributed by atoms with Gasteiger partial charge in [0.15, 0.2) is 0 Å². The number of allylic oxidation sites excluding steroid dienone is 1. The summed E-state index contributed by atoms with van der Waals surface area (Å²) in [5.74, 6) is 0.914. The Bertz CT molecular complexity index is 183. The topological polar surface area (TPSA) is 26.3 Å². The zero-order valence-corrected chi connectivity index (χ0v) is 9.75. The molecule has 82 valence electrons. The quantitative estimate of drug-likeness (QED) is 0.588. The highest BCUT2D eigenvalue weighted by Gasteiger charge is 2.07. The molecule has 0 amide bonds. The number of hydrogen-bond acceptors (Lipinski definition) is 2. The Balaban J connectivity index is 3.89. The molecule has 0 aliphatic heterocycles. The molecule has 0 saturated carbocycles. The van der Waals surface area contributed by atoms with Crippen LogP contribution < -0.4 is 0 Å². The minimum atomic E-state index is -0.0406. The van der Waals surface area contributed by atoms with E-state index in [0.29, 0.717) is 18.8 Å². The fraction of sp³-hybridized carbons (Fsp3) is 0.750. The van der Waals surface area contributed by atoms with Crippen LogP contribution in [0.5, 0.6) is 0 Å². The first kappa shape index (κ1) is 13.4. The zero-order valence-electron chi connectivity index (χ0n) is 9.75. The first-order valence-corrected chi connectivity index (χ1v) is 5.31. The van der Waals surface area contributed by atoms with Gasteiger partial charge in [-0.05, 0) is 12.3 Å². The number of carbonyl (C=O) groups excluding carboxylic acids is 1. The van der Waals surface area contributed by atoms with E-state index in [-0.39, 0.29) is 11.9 Å². The molecule has 1 atom stereocenters. The summed E-state index contributed by atoms with van der Waals surface area (Å²) in [4.78, 5) is 11.2. The first-order chi connectivity index (χ1) is 6.60. The average Bonchev–Trinajstić information content (AvgIpc) is 2.15. The van der Waals surface area contributed by atoms with E-state index in [2.05, 4.69) is 19.9 Å². The van der Waals surface area contributed by atoms with E-state index in [1.54, 1.807) is 7.11 Å². The third kappa shape index (κ3) is 6.84. The van der Waals surface area contributed by atoms with Crippen molar-refractivity contribution >= 4 is 5.78 Å². The van der Waals surface area contributed by atoms with Crippen molar-refractivity contribution in [2.45, 2.75) is 46.1 Å². The van der Waals surface area contributed by atoms with Gasteiger partial charge in [0.2, 0.25) is 0 Å². The van der Waals surface area contributed by atoms with Crippen LogP contribution in [-0.4, -0.2) is 19.0 Å². The number of ether oxygens (including phenoxy) is 1. The summed E-state index contributed by atoms with van der Waals surface area (Å²) < 4.78 is 5.20. The maximum atomic E-state index is 11.2. The predicted octanol–water partition coefficient (Wildman–Crippen LogP) is 2.97. The zero-order chi connectivity index (χ0) is 11.0. The van der Waals surface area contributed by atoms with Crippen LogP contribution in [0, 0.1) is 5.92 Å². The molecule has 2 heteroatoms. The van der Waals surface area contributed by atoms with Gasteiger partial charge in [0.05, 0.1) is 6.10 Å². The van der Waals surface area contributed by atoms with Gasteiger partial charge in [-0.25, -0.2) is 0 Å². The number of methoxy groups -OCH3 is 1. The molecule has 0 rings (SSSR count). The second kappa shape index (κ2) is 7.74. The maximum Gasteiger partial charge on any atom is 0.135 e. The van der Waals surface area contributed by atoms with Gasteiger partial charge in [0.1, 0.15) is 5.78 Å². The largest absolute Gasteiger partial charge is 0.377 e. The Labute approximate surface area is 87.3 Å². The van der Waals surface area contributed by atoms with Crippen molar-refractivity contribution in [3.63, 3.8) is 0 Å². The van der Waals surface area contributed by atoms with Crippen LogP contribution in [-0.2, 0) is 9.53 Å². The summed E-state index contributed by atoms with van der Waals surface area (Å²) in [7, 11) is 1.65. The van der Waals surface area contributed by atoms with Gasteiger partial charge >= 0.3 is 0 Å². The molecule has 0 heterocycles. The highest BCUT2D eigenvalue weighted by molar-refractivity contribution is 5.78. The summed E-state index contributed by atoms with van der Waals surface area (Å²) in [6, 6.07) is 0. The van der Waals surface area contributed by atoms with Crippen LogP contribution in [0.3, 0.4) is 0 Å². The van der Waals surface area contributed by atoms with Gasteiger partial charge < -0.3 is 4.74 Å². The Kier molecular flexibility index (Phi) is 7.40. The first-order valence-electron chi connectivity index (χ1n) is 5.31. The van der Waals surface area contributed by atoms with Crippen molar-refractivity contribution in [2.75, 3.05) is 7.11 Å². The van der Waals surface area contributed by atoms with E-state index >= 15 is 0 Å². The van der Waals surface area contributed by atoms with E-state index in [4.69, 9.17) is 4.74 Å². The normalized spacial score (nSPS) is 13.8. The second-order valence-electron chi connectivity index (χ2n) is 3.93.